The van der Waals surface area contributed by atoms with E-state index in [2.05, 4.69) is 0 Å². The van der Waals surface area contributed by atoms with E-state index in [0.717, 1.165) is 0 Å². The van der Waals surface area contributed by atoms with Crippen molar-refractivity contribution >= 4 is 0 Å². The Morgan fingerprint density at radius 2 is 1.67 bits per heavy atom. The first kappa shape index (κ1) is 10.2. The number of nitrogens with two attached hydrogens (primary N) is 1. The summed E-state index contributed by atoms with van der Waals surface area (Å²) in [5.74, 6) is -7.14. The van der Waals surface area contributed by atoms with Gasteiger partial charge < -0.3 is 10.5 Å². The van der Waals surface area contributed by atoms with Gasteiger partial charge in [0.1, 0.15) is 6.10 Å². The van der Waals surface area contributed by atoms with Gasteiger partial charge in [-0.2, -0.15) is 4.39 Å². The van der Waals surface area contributed by atoms with Crippen molar-refractivity contribution < 1.29 is 22.3 Å². The molecule has 1 aliphatic rings. The van der Waals surface area contributed by atoms with E-state index in [1.54, 1.807) is 0 Å². The Bertz CT molecular complexity index is 384. The molecule has 0 saturated carbocycles. The fourth-order valence-electron chi connectivity index (χ4n) is 1.53. The van der Waals surface area contributed by atoms with Crippen molar-refractivity contribution in [3.8, 4) is 5.75 Å². The maximum atomic E-state index is 13.2. The van der Waals surface area contributed by atoms with E-state index in [-0.39, 0.29) is 18.5 Å². The zero-order valence-electron chi connectivity index (χ0n) is 7.49. The minimum absolute atomic E-state index is 0.0246. The number of ether oxygens (including phenoxy) is 1. The van der Waals surface area contributed by atoms with E-state index in [4.69, 9.17) is 10.5 Å². The van der Waals surface area contributed by atoms with Crippen LogP contribution < -0.4 is 10.5 Å². The Hall–Kier alpha value is -1.30. The quantitative estimate of drug-likeness (QED) is 0.443. The predicted octanol–water partition coefficient (Wildman–Crippen LogP) is 1.51. The molecule has 0 aromatic heterocycles. The lowest BCUT2D eigenvalue weighted by Gasteiger charge is -2.07. The van der Waals surface area contributed by atoms with Crippen molar-refractivity contribution in [2.45, 2.75) is 12.5 Å². The normalized spacial score (nSPS) is 18.9. The lowest BCUT2D eigenvalue weighted by atomic mass is 10.1. The molecule has 15 heavy (non-hydrogen) atoms. The minimum atomic E-state index is -1.86. The van der Waals surface area contributed by atoms with Crippen LogP contribution in [0.25, 0.3) is 0 Å². The van der Waals surface area contributed by atoms with Crippen LogP contribution in [0, 0.1) is 23.3 Å². The number of fused-ring (bicyclic) bond motifs is 1. The molecule has 0 fully saturated rings. The highest BCUT2D eigenvalue weighted by molar-refractivity contribution is 5.41. The molecule has 6 heteroatoms. The molecule has 0 bridgehead atoms. The van der Waals surface area contributed by atoms with Gasteiger partial charge in [0.25, 0.3) is 0 Å². The molecular formula is C9H7F4NO. The van der Waals surface area contributed by atoms with Crippen molar-refractivity contribution in [3.63, 3.8) is 0 Å². The predicted molar refractivity (Wildman–Crippen MR) is 43.4 cm³/mol. The van der Waals surface area contributed by atoms with Crippen molar-refractivity contribution in [1.29, 1.82) is 0 Å². The molecule has 2 nitrogen and oxygen atoms in total. The summed E-state index contributed by atoms with van der Waals surface area (Å²) >= 11 is 0. The highest BCUT2D eigenvalue weighted by Gasteiger charge is 2.33. The van der Waals surface area contributed by atoms with E-state index in [1.807, 2.05) is 0 Å². The van der Waals surface area contributed by atoms with Crippen LogP contribution in [0.1, 0.15) is 5.56 Å². The van der Waals surface area contributed by atoms with Crippen LogP contribution in [0.5, 0.6) is 5.75 Å². The smallest absolute Gasteiger partial charge is 0.204 e. The molecular weight excluding hydrogens is 214 g/mol. The molecule has 2 N–H and O–H groups in total. The standard InChI is InChI=1S/C9H7F4NO/c10-5-4-1-3(2-14)15-9(4)8(13)7(12)6(5)11/h3H,1-2,14H2. The number of hydrogen-bond donors (Lipinski definition) is 1. The van der Waals surface area contributed by atoms with Crippen LogP contribution in [-0.4, -0.2) is 12.6 Å². The van der Waals surface area contributed by atoms with Crippen LogP contribution in [0.2, 0.25) is 0 Å². The Morgan fingerprint density at radius 1 is 1.07 bits per heavy atom. The van der Waals surface area contributed by atoms with Gasteiger partial charge in [0, 0.05) is 18.5 Å². The lowest BCUT2D eigenvalue weighted by molar-refractivity contribution is 0.229. The van der Waals surface area contributed by atoms with Gasteiger partial charge in [-0.3, -0.25) is 0 Å². The highest BCUT2D eigenvalue weighted by atomic mass is 19.2. The SMILES string of the molecule is NCC1Cc2c(F)c(F)c(F)c(F)c2O1. The molecule has 82 valence electrons. The second kappa shape index (κ2) is 3.37. The number of benzene rings is 1. The molecule has 2 rings (SSSR count). The highest BCUT2D eigenvalue weighted by Crippen LogP contribution is 2.36. The number of hydrogen-bond acceptors (Lipinski definition) is 2. The third-order valence-corrected chi connectivity index (χ3v) is 2.30. The first-order valence-electron chi connectivity index (χ1n) is 4.27. The van der Waals surface area contributed by atoms with Crippen LogP contribution in [0.15, 0.2) is 0 Å². The zero-order chi connectivity index (χ0) is 11.2. The minimum Gasteiger partial charge on any atom is -0.485 e. The van der Waals surface area contributed by atoms with Gasteiger partial charge in [0.15, 0.2) is 17.4 Å². The molecule has 1 aliphatic heterocycles. The molecule has 1 aromatic carbocycles. The van der Waals surface area contributed by atoms with Crippen LogP contribution in [0.4, 0.5) is 17.6 Å². The summed E-state index contributed by atoms with van der Waals surface area (Å²) in [6.45, 7) is 0.0246. The fraction of sp³-hybridized carbons (Fsp3) is 0.333. The summed E-state index contributed by atoms with van der Waals surface area (Å²) in [6, 6.07) is 0. The average Bonchev–Trinajstić information content (AvgIpc) is 2.67. The zero-order valence-corrected chi connectivity index (χ0v) is 7.49. The van der Waals surface area contributed by atoms with E-state index in [0.29, 0.717) is 0 Å². The van der Waals surface area contributed by atoms with Crippen LogP contribution in [0.3, 0.4) is 0 Å². The molecule has 1 heterocycles. The van der Waals surface area contributed by atoms with Crippen molar-refractivity contribution in [1.82, 2.24) is 0 Å². The monoisotopic (exact) mass is 221 g/mol. The molecule has 0 aliphatic carbocycles. The number of rotatable bonds is 1. The van der Waals surface area contributed by atoms with Crippen LogP contribution in [-0.2, 0) is 6.42 Å². The second-order valence-electron chi connectivity index (χ2n) is 3.24. The van der Waals surface area contributed by atoms with E-state index >= 15 is 0 Å². The summed E-state index contributed by atoms with van der Waals surface area (Å²) in [6.07, 6.45) is -0.684. The molecule has 1 aromatic rings. The maximum Gasteiger partial charge on any atom is 0.204 e. The Labute approximate surface area is 82.6 Å². The maximum absolute atomic E-state index is 13.2. The van der Waals surface area contributed by atoms with Gasteiger partial charge in [0.05, 0.1) is 0 Å². The Kier molecular flexibility index (Phi) is 2.30. The van der Waals surface area contributed by atoms with Crippen molar-refractivity contribution in [2.75, 3.05) is 6.54 Å². The van der Waals surface area contributed by atoms with Gasteiger partial charge >= 0.3 is 0 Å². The fourth-order valence-corrected chi connectivity index (χ4v) is 1.53. The van der Waals surface area contributed by atoms with E-state index in [1.165, 1.54) is 0 Å². The first-order valence-corrected chi connectivity index (χ1v) is 4.27. The van der Waals surface area contributed by atoms with Crippen LogP contribution >= 0.6 is 0 Å². The van der Waals surface area contributed by atoms with Gasteiger partial charge in [-0.15, -0.1) is 0 Å². The van der Waals surface area contributed by atoms with Gasteiger partial charge in [0.2, 0.25) is 11.6 Å². The summed E-state index contributed by atoms with van der Waals surface area (Å²) < 4.78 is 56.7. The third kappa shape index (κ3) is 1.36. The van der Waals surface area contributed by atoms with Gasteiger partial charge in [-0.05, 0) is 0 Å². The number of halogens is 4. The largest absolute Gasteiger partial charge is 0.485 e. The Balaban J connectivity index is 2.59. The molecule has 0 spiro atoms. The molecule has 0 saturated heterocycles. The molecule has 1 unspecified atom stereocenters. The summed E-state index contributed by atoms with van der Waals surface area (Å²) in [4.78, 5) is 0. The topological polar surface area (TPSA) is 35.2 Å². The van der Waals surface area contributed by atoms with E-state index < -0.39 is 35.1 Å². The molecule has 0 amide bonds. The summed E-state index contributed by atoms with van der Waals surface area (Å²) in [5, 5.41) is 0. The molecule has 1 atom stereocenters. The van der Waals surface area contributed by atoms with Gasteiger partial charge in [-0.1, -0.05) is 0 Å². The van der Waals surface area contributed by atoms with Crippen molar-refractivity contribution in [3.05, 3.63) is 28.8 Å². The molecule has 0 radical (unpaired) electrons. The van der Waals surface area contributed by atoms with E-state index in [9.17, 15) is 17.6 Å². The summed E-state index contributed by atoms with van der Waals surface area (Å²) in [5.41, 5.74) is 4.94. The van der Waals surface area contributed by atoms with Crippen molar-refractivity contribution in [2.24, 2.45) is 5.73 Å². The lowest BCUT2D eigenvalue weighted by Crippen LogP contribution is -2.24. The summed E-state index contributed by atoms with van der Waals surface area (Å²) in [7, 11) is 0. The Morgan fingerprint density at radius 3 is 2.27 bits per heavy atom. The first-order chi connectivity index (χ1) is 7.06. The second-order valence-corrected chi connectivity index (χ2v) is 3.24. The average molecular weight is 221 g/mol. The van der Waals surface area contributed by atoms with Gasteiger partial charge in [-0.25, -0.2) is 13.2 Å². The third-order valence-electron chi connectivity index (χ3n) is 2.30.